The second-order valence-electron chi connectivity index (χ2n) is 2.44. The van der Waals surface area contributed by atoms with Crippen LogP contribution in [0.1, 0.15) is 13.3 Å². The van der Waals surface area contributed by atoms with Crippen molar-refractivity contribution in [3.05, 3.63) is 22.2 Å². The van der Waals surface area contributed by atoms with Crippen molar-refractivity contribution in [2.45, 2.75) is 13.3 Å². The summed E-state index contributed by atoms with van der Waals surface area (Å²) in [6, 6.07) is 0. The number of carbonyl (C=O) groups is 1. The van der Waals surface area contributed by atoms with E-state index in [0.717, 1.165) is 18.3 Å². The van der Waals surface area contributed by atoms with E-state index in [1.165, 1.54) is 4.48 Å². The van der Waals surface area contributed by atoms with Crippen molar-refractivity contribution in [1.82, 2.24) is 0 Å². The first-order valence-electron chi connectivity index (χ1n) is 3.25. The molecule has 0 aromatic carbocycles. The summed E-state index contributed by atoms with van der Waals surface area (Å²) in [6.07, 6.45) is 5.71. The molecule has 0 aliphatic heterocycles. The normalized spacial score (nSPS) is 25.2. The van der Waals surface area contributed by atoms with Crippen molar-refractivity contribution in [3.8, 4) is 0 Å². The molecule has 0 bridgehead atoms. The minimum Gasteiger partial charge on any atom is -0.298 e. The largest absolute Gasteiger partial charge is 0.298 e. The van der Waals surface area contributed by atoms with E-state index in [1.54, 1.807) is 0 Å². The quantitative estimate of drug-likeness (QED) is 0.595. The van der Waals surface area contributed by atoms with E-state index in [0.29, 0.717) is 5.92 Å². The maximum absolute atomic E-state index is 10.3. The average molecular weight is 201 g/mol. The number of hydrogen-bond acceptors (Lipinski definition) is 1. The number of hydrogen-bond donors (Lipinski definition) is 0. The molecular weight excluding hydrogens is 192 g/mol. The first kappa shape index (κ1) is 7.73. The molecule has 0 fully saturated rings. The van der Waals surface area contributed by atoms with Crippen LogP contribution in [-0.4, -0.2) is 6.29 Å². The van der Waals surface area contributed by atoms with Gasteiger partial charge in [-0.1, -0.05) is 35.0 Å². The predicted molar refractivity (Wildman–Crippen MR) is 44.9 cm³/mol. The Labute approximate surface area is 68.9 Å². The first-order chi connectivity index (χ1) is 4.74. The molecule has 1 aliphatic rings. The lowest BCUT2D eigenvalue weighted by Gasteiger charge is -2.11. The van der Waals surface area contributed by atoms with Crippen LogP contribution in [0.15, 0.2) is 22.2 Å². The Balaban J connectivity index is 2.73. The molecule has 1 atom stereocenters. The maximum atomic E-state index is 10.3. The smallest absolute Gasteiger partial charge is 0.146 e. The number of rotatable bonds is 1. The lowest BCUT2D eigenvalue weighted by molar-refractivity contribution is -0.105. The Hall–Kier alpha value is -0.370. The van der Waals surface area contributed by atoms with Gasteiger partial charge >= 0.3 is 0 Å². The second-order valence-corrected chi connectivity index (χ2v) is 3.36. The summed E-state index contributed by atoms with van der Waals surface area (Å²) in [4.78, 5) is 10.3. The van der Waals surface area contributed by atoms with Crippen LogP contribution in [0.5, 0.6) is 0 Å². The molecule has 0 saturated carbocycles. The van der Waals surface area contributed by atoms with Crippen LogP contribution in [0.25, 0.3) is 0 Å². The Morgan fingerprint density at radius 2 is 2.50 bits per heavy atom. The maximum Gasteiger partial charge on any atom is 0.146 e. The highest BCUT2D eigenvalue weighted by molar-refractivity contribution is 9.11. The molecule has 0 saturated heterocycles. The molecule has 2 heteroatoms. The van der Waals surface area contributed by atoms with Gasteiger partial charge in [-0.15, -0.1) is 0 Å². The molecule has 0 heterocycles. The van der Waals surface area contributed by atoms with Crippen LogP contribution >= 0.6 is 15.9 Å². The summed E-state index contributed by atoms with van der Waals surface area (Å²) < 4.78 is 1.18. The third kappa shape index (κ3) is 1.57. The number of aldehydes is 1. The second kappa shape index (κ2) is 3.15. The number of allylic oxidation sites excluding steroid dienone is 4. The van der Waals surface area contributed by atoms with Gasteiger partial charge in [-0.2, -0.15) is 0 Å². The molecule has 0 N–H and O–H groups in total. The summed E-state index contributed by atoms with van der Waals surface area (Å²) in [5.74, 6) is 0.369. The lowest BCUT2D eigenvalue weighted by atomic mass is 10.00. The van der Waals surface area contributed by atoms with Crippen LogP contribution in [-0.2, 0) is 4.79 Å². The predicted octanol–water partition coefficient (Wildman–Crippen LogP) is 2.43. The third-order valence-electron chi connectivity index (χ3n) is 1.58. The summed E-state index contributed by atoms with van der Waals surface area (Å²) in [6.45, 7) is 2.06. The fourth-order valence-electron chi connectivity index (χ4n) is 0.957. The summed E-state index contributed by atoms with van der Waals surface area (Å²) in [5, 5.41) is 0. The molecule has 0 aromatic heterocycles. The van der Waals surface area contributed by atoms with Gasteiger partial charge in [0.05, 0.1) is 0 Å². The SMILES string of the molecule is CC1C=C(C=O)CC=C1Br. The fraction of sp³-hybridized carbons (Fsp3) is 0.375. The van der Waals surface area contributed by atoms with Crippen molar-refractivity contribution in [2.75, 3.05) is 0 Å². The van der Waals surface area contributed by atoms with E-state index >= 15 is 0 Å². The Morgan fingerprint density at radius 3 is 3.00 bits per heavy atom. The van der Waals surface area contributed by atoms with E-state index in [2.05, 4.69) is 22.9 Å². The van der Waals surface area contributed by atoms with Gasteiger partial charge in [-0.25, -0.2) is 0 Å². The summed E-state index contributed by atoms with van der Waals surface area (Å²) >= 11 is 3.41. The zero-order valence-electron chi connectivity index (χ0n) is 5.80. The van der Waals surface area contributed by atoms with Crippen LogP contribution < -0.4 is 0 Å². The van der Waals surface area contributed by atoms with Gasteiger partial charge in [0.1, 0.15) is 6.29 Å². The Morgan fingerprint density at radius 1 is 1.80 bits per heavy atom. The van der Waals surface area contributed by atoms with Gasteiger partial charge in [0.2, 0.25) is 0 Å². The molecule has 1 nitrogen and oxygen atoms in total. The monoisotopic (exact) mass is 200 g/mol. The van der Waals surface area contributed by atoms with E-state index in [-0.39, 0.29) is 0 Å². The fourth-order valence-corrected chi connectivity index (χ4v) is 1.25. The van der Waals surface area contributed by atoms with Crippen molar-refractivity contribution in [3.63, 3.8) is 0 Å². The van der Waals surface area contributed by atoms with E-state index in [1.807, 2.05) is 12.2 Å². The van der Waals surface area contributed by atoms with Gasteiger partial charge in [-0.05, 0) is 16.5 Å². The van der Waals surface area contributed by atoms with Gasteiger partial charge < -0.3 is 0 Å². The number of halogens is 1. The molecular formula is C8H9BrO. The lowest BCUT2D eigenvalue weighted by Crippen LogP contribution is -1.98. The molecule has 1 aliphatic carbocycles. The molecule has 54 valence electrons. The van der Waals surface area contributed by atoms with Crippen LogP contribution in [0, 0.1) is 5.92 Å². The van der Waals surface area contributed by atoms with Gasteiger partial charge in [0, 0.05) is 5.92 Å². The zero-order chi connectivity index (χ0) is 7.56. The van der Waals surface area contributed by atoms with Crippen LogP contribution in [0.3, 0.4) is 0 Å². The zero-order valence-corrected chi connectivity index (χ0v) is 7.39. The number of carbonyl (C=O) groups excluding carboxylic acids is 1. The topological polar surface area (TPSA) is 17.1 Å². The first-order valence-corrected chi connectivity index (χ1v) is 4.04. The van der Waals surface area contributed by atoms with Crippen molar-refractivity contribution < 1.29 is 4.79 Å². The van der Waals surface area contributed by atoms with Gasteiger partial charge in [0.25, 0.3) is 0 Å². The van der Waals surface area contributed by atoms with Gasteiger partial charge in [-0.3, -0.25) is 4.79 Å². The summed E-state index contributed by atoms with van der Waals surface area (Å²) in [5.41, 5.74) is 0.885. The van der Waals surface area contributed by atoms with Crippen molar-refractivity contribution >= 4 is 22.2 Å². The Kier molecular flexibility index (Phi) is 2.44. The van der Waals surface area contributed by atoms with E-state index < -0.39 is 0 Å². The highest BCUT2D eigenvalue weighted by Gasteiger charge is 2.08. The van der Waals surface area contributed by atoms with Crippen LogP contribution in [0.2, 0.25) is 0 Å². The highest BCUT2D eigenvalue weighted by Crippen LogP contribution is 2.25. The third-order valence-corrected chi connectivity index (χ3v) is 2.63. The molecule has 10 heavy (non-hydrogen) atoms. The van der Waals surface area contributed by atoms with Gasteiger partial charge in [0.15, 0.2) is 0 Å². The van der Waals surface area contributed by atoms with Crippen molar-refractivity contribution in [2.24, 2.45) is 5.92 Å². The Bertz CT molecular complexity index is 203. The molecule has 0 radical (unpaired) electrons. The average Bonchev–Trinajstić information content (AvgIpc) is 1.95. The highest BCUT2D eigenvalue weighted by atomic mass is 79.9. The summed E-state index contributed by atoms with van der Waals surface area (Å²) in [7, 11) is 0. The molecule has 1 unspecified atom stereocenters. The standard InChI is InChI=1S/C8H9BrO/c1-6-4-7(5-10)2-3-8(6)9/h3-6H,2H2,1H3. The minimum atomic E-state index is 0.369. The van der Waals surface area contributed by atoms with E-state index in [4.69, 9.17) is 0 Å². The van der Waals surface area contributed by atoms with E-state index in [9.17, 15) is 4.79 Å². The minimum absolute atomic E-state index is 0.369. The van der Waals surface area contributed by atoms with Crippen molar-refractivity contribution in [1.29, 1.82) is 0 Å². The molecule has 0 aromatic rings. The van der Waals surface area contributed by atoms with Crippen LogP contribution in [0.4, 0.5) is 0 Å². The molecule has 0 spiro atoms. The molecule has 1 rings (SSSR count). The molecule has 0 amide bonds.